The van der Waals surface area contributed by atoms with E-state index in [2.05, 4.69) is 52.0 Å². The summed E-state index contributed by atoms with van der Waals surface area (Å²) in [6.07, 6.45) is 0.877. The Kier molecular flexibility index (Phi) is 5.86. The second-order valence-electron chi connectivity index (χ2n) is 4.97. The molecular weight excluding hydrogens is 388 g/mol. The van der Waals surface area contributed by atoms with Crippen molar-refractivity contribution >= 4 is 33.9 Å². The lowest BCUT2D eigenvalue weighted by molar-refractivity contribution is 0.553. The molecule has 2 rings (SSSR count). The Morgan fingerprint density at radius 1 is 1.35 bits per heavy atom. The first-order valence-corrected chi connectivity index (χ1v) is 8.44. The number of halogens is 2. The zero-order valence-corrected chi connectivity index (χ0v) is 14.5. The van der Waals surface area contributed by atoms with Crippen molar-refractivity contribution < 1.29 is 4.39 Å². The van der Waals surface area contributed by atoms with Gasteiger partial charge in [0.2, 0.25) is 0 Å². The van der Waals surface area contributed by atoms with Gasteiger partial charge in [0.1, 0.15) is 15.8 Å². The lowest BCUT2D eigenvalue weighted by Crippen LogP contribution is -2.22. The van der Waals surface area contributed by atoms with Gasteiger partial charge in [-0.3, -0.25) is 0 Å². The zero-order valence-electron chi connectivity index (χ0n) is 11.5. The van der Waals surface area contributed by atoms with E-state index < -0.39 is 0 Å². The summed E-state index contributed by atoms with van der Waals surface area (Å²) in [6, 6.07) is 4.74. The Labute approximate surface area is 136 Å². The molecule has 6 heteroatoms. The SMILES string of the molecule is CC(C)CNCCc1nnc(-c2ccc(F)cc2I)s1. The molecule has 0 aliphatic heterocycles. The van der Waals surface area contributed by atoms with Gasteiger partial charge in [0.15, 0.2) is 0 Å². The first kappa shape index (κ1) is 15.8. The predicted octanol–water partition coefficient (Wildman–Crippen LogP) is 3.74. The Bertz CT molecular complexity index is 571. The van der Waals surface area contributed by atoms with Crippen LogP contribution in [0.5, 0.6) is 0 Å². The number of benzene rings is 1. The fourth-order valence-corrected chi connectivity index (χ4v) is 3.51. The molecule has 0 aliphatic carbocycles. The minimum absolute atomic E-state index is 0.222. The maximum atomic E-state index is 13.1. The van der Waals surface area contributed by atoms with Gasteiger partial charge in [-0.1, -0.05) is 25.2 Å². The van der Waals surface area contributed by atoms with Crippen molar-refractivity contribution in [1.29, 1.82) is 0 Å². The number of nitrogens with zero attached hydrogens (tertiary/aromatic N) is 2. The summed E-state index contributed by atoms with van der Waals surface area (Å²) in [5, 5.41) is 13.7. The lowest BCUT2D eigenvalue weighted by atomic mass is 10.2. The van der Waals surface area contributed by atoms with Crippen molar-refractivity contribution in [3.05, 3.63) is 32.6 Å². The van der Waals surface area contributed by atoms with Crippen molar-refractivity contribution in [1.82, 2.24) is 15.5 Å². The van der Waals surface area contributed by atoms with Gasteiger partial charge in [-0.2, -0.15) is 0 Å². The van der Waals surface area contributed by atoms with E-state index in [0.29, 0.717) is 5.92 Å². The van der Waals surface area contributed by atoms with E-state index in [1.807, 2.05) is 0 Å². The number of rotatable bonds is 6. The van der Waals surface area contributed by atoms with Crippen LogP contribution in [0.1, 0.15) is 18.9 Å². The summed E-state index contributed by atoms with van der Waals surface area (Å²) in [7, 11) is 0. The summed E-state index contributed by atoms with van der Waals surface area (Å²) in [6.45, 7) is 6.30. The van der Waals surface area contributed by atoms with Crippen LogP contribution < -0.4 is 5.32 Å². The Hall–Kier alpha value is -0.600. The molecule has 3 nitrogen and oxygen atoms in total. The van der Waals surface area contributed by atoms with Crippen LogP contribution in [0.25, 0.3) is 10.6 Å². The molecule has 1 N–H and O–H groups in total. The summed E-state index contributed by atoms with van der Waals surface area (Å²) in [4.78, 5) is 0. The van der Waals surface area contributed by atoms with Crippen LogP contribution in [0, 0.1) is 15.3 Å². The minimum atomic E-state index is -0.222. The fraction of sp³-hybridized carbons (Fsp3) is 0.429. The van der Waals surface area contributed by atoms with Gasteiger partial charge < -0.3 is 5.32 Å². The van der Waals surface area contributed by atoms with Crippen molar-refractivity contribution in [3.63, 3.8) is 0 Å². The normalized spacial score (nSPS) is 11.2. The molecule has 20 heavy (non-hydrogen) atoms. The highest BCUT2D eigenvalue weighted by atomic mass is 127. The van der Waals surface area contributed by atoms with Crippen LogP contribution in [0.3, 0.4) is 0 Å². The summed E-state index contributed by atoms with van der Waals surface area (Å²) in [5.41, 5.74) is 0.950. The highest BCUT2D eigenvalue weighted by Gasteiger charge is 2.10. The standard InChI is InChI=1S/C14H17FIN3S/c1-9(2)8-17-6-5-13-18-19-14(20-13)11-4-3-10(15)7-12(11)16/h3-4,7,9,17H,5-6,8H2,1-2H3. The number of hydrogen-bond donors (Lipinski definition) is 1. The summed E-state index contributed by atoms with van der Waals surface area (Å²) in [5.74, 6) is 0.432. The molecule has 1 heterocycles. The van der Waals surface area contributed by atoms with E-state index in [4.69, 9.17) is 0 Å². The van der Waals surface area contributed by atoms with Crippen LogP contribution in [-0.4, -0.2) is 23.3 Å². The Balaban J connectivity index is 1.98. The van der Waals surface area contributed by atoms with E-state index in [9.17, 15) is 4.39 Å². The third-order valence-corrected chi connectivity index (χ3v) is 4.61. The number of hydrogen-bond acceptors (Lipinski definition) is 4. The van der Waals surface area contributed by atoms with Crippen LogP contribution in [-0.2, 0) is 6.42 Å². The van der Waals surface area contributed by atoms with Crippen molar-refractivity contribution in [2.75, 3.05) is 13.1 Å². The zero-order chi connectivity index (χ0) is 14.5. The van der Waals surface area contributed by atoms with E-state index >= 15 is 0 Å². The van der Waals surface area contributed by atoms with Crippen LogP contribution in [0.2, 0.25) is 0 Å². The molecule has 108 valence electrons. The second kappa shape index (κ2) is 7.42. The van der Waals surface area contributed by atoms with E-state index in [1.165, 1.54) is 12.1 Å². The van der Waals surface area contributed by atoms with Crippen LogP contribution >= 0.6 is 33.9 Å². The van der Waals surface area contributed by atoms with Gasteiger partial charge in [-0.15, -0.1) is 10.2 Å². The van der Waals surface area contributed by atoms with Crippen LogP contribution in [0.15, 0.2) is 18.2 Å². The molecular formula is C14H17FIN3S. The van der Waals surface area contributed by atoms with Crippen molar-refractivity contribution in [2.24, 2.45) is 5.92 Å². The largest absolute Gasteiger partial charge is 0.316 e. The molecule has 0 bridgehead atoms. The smallest absolute Gasteiger partial charge is 0.148 e. The molecule has 1 aromatic carbocycles. The van der Waals surface area contributed by atoms with Gasteiger partial charge in [0, 0.05) is 22.1 Å². The molecule has 0 aliphatic rings. The first-order chi connectivity index (χ1) is 9.56. The predicted molar refractivity (Wildman–Crippen MR) is 89.4 cm³/mol. The average molecular weight is 405 g/mol. The fourth-order valence-electron chi connectivity index (χ4n) is 1.71. The van der Waals surface area contributed by atoms with E-state index in [0.717, 1.165) is 38.7 Å². The highest BCUT2D eigenvalue weighted by molar-refractivity contribution is 14.1. The molecule has 0 atom stereocenters. The minimum Gasteiger partial charge on any atom is -0.316 e. The summed E-state index contributed by atoms with van der Waals surface area (Å²) < 4.78 is 14.0. The molecule has 0 amide bonds. The third kappa shape index (κ3) is 4.46. The topological polar surface area (TPSA) is 37.8 Å². The molecule has 0 spiro atoms. The third-order valence-electron chi connectivity index (χ3n) is 2.70. The van der Waals surface area contributed by atoms with Gasteiger partial charge in [0.05, 0.1) is 0 Å². The maximum absolute atomic E-state index is 13.1. The van der Waals surface area contributed by atoms with Gasteiger partial charge in [0.25, 0.3) is 0 Å². The van der Waals surface area contributed by atoms with Crippen molar-refractivity contribution in [3.8, 4) is 10.6 Å². The first-order valence-electron chi connectivity index (χ1n) is 6.55. The molecule has 0 saturated heterocycles. The Morgan fingerprint density at radius 2 is 2.15 bits per heavy atom. The van der Waals surface area contributed by atoms with E-state index in [1.54, 1.807) is 17.4 Å². The molecule has 0 fully saturated rings. The second-order valence-corrected chi connectivity index (χ2v) is 7.20. The molecule has 0 unspecified atom stereocenters. The highest BCUT2D eigenvalue weighted by Crippen LogP contribution is 2.28. The van der Waals surface area contributed by atoms with Gasteiger partial charge in [-0.05, 0) is 53.3 Å². The van der Waals surface area contributed by atoms with Crippen molar-refractivity contribution in [2.45, 2.75) is 20.3 Å². The Morgan fingerprint density at radius 3 is 2.85 bits per heavy atom. The molecule has 0 radical (unpaired) electrons. The average Bonchev–Trinajstić information content (AvgIpc) is 2.83. The monoisotopic (exact) mass is 405 g/mol. The molecule has 1 aromatic heterocycles. The van der Waals surface area contributed by atoms with Gasteiger partial charge >= 0.3 is 0 Å². The summed E-state index contributed by atoms with van der Waals surface area (Å²) >= 11 is 3.70. The number of nitrogens with one attached hydrogen (secondary N) is 1. The number of aromatic nitrogens is 2. The molecule has 0 saturated carbocycles. The lowest BCUT2D eigenvalue weighted by Gasteiger charge is -2.05. The quantitative estimate of drug-likeness (QED) is 0.588. The molecule has 2 aromatic rings. The van der Waals surface area contributed by atoms with Gasteiger partial charge in [-0.25, -0.2) is 4.39 Å². The van der Waals surface area contributed by atoms with Crippen LogP contribution in [0.4, 0.5) is 4.39 Å². The van der Waals surface area contributed by atoms with E-state index in [-0.39, 0.29) is 5.82 Å². The maximum Gasteiger partial charge on any atom is 0.148 e.